The minimum Gasteiger partial charge on any atom is -0.381 e. The van der Waals surface area contributed by atoms with E-state index in [1.807, 2.05) is 0 Å². The molecule has 0 amide bonds. The lowest BCUT2D eigenvalue weighted by molar-refractivity contribution is 0.0739. The topological polar surface area (TPSA) is 56.3 Å². The van der Waals surface area contributed by atoms with E-state index < -0.39 is 14.6 Å². The summed E-state index contributed by atoms with van der Waals surface area (Å²) < 4.78 is 31.1. The van der Waals surface area contributed by atoms with Crippen LogP contribution in [-0.2, 0) is 19.3 Å². The molecule has 8 heteroatoms. The zero-order valence-corrected chi connectivity index (χ0v) is 15.6. The molecule has 0 spiro atoms. The van der Waals surface area contributed by atoms with Crippen LogP contribution in [0.15, 0.2) is 41.4 Å². The Morgan fingerprint density at radius 3 is 2.25 bits per heavy atom. The van der Waals surface area contributed by atoms with Crippen LogP contribution in [-0.4, -0.2) is 26.6 Å². The van der Waals surface area contributed by atoms with Crippen LogP contribution >= 0.6 is 34.8 Å². The SMILES string of the molecule is O=S(=O)(c1ccc(Cl)cc1)C1(c2cnc(Cl)c(Cl)c2)CCOCC1. The second-order valence-corrected chi connectivity index (χ2v) is 9.02. The smallest absolute Gasteiger partial charge is 0.188 e. The van der Waals surface area contributed by atoms with Gasteiger partial charge in [0.05, 0.1) is 9.92 Å². The summed E-state index contributed by atoms with van der Waals surface area (Å²) >= 11 is 17.8. The van der Waals surface area contributed by atoms with Crippen molar-refractivity contribution in [3.63, 3.8) is 0 Å². The van der Waals surface area contributed by atoms with Gasteiger partial charge in [0.25, 0.3) is 0 Å². The van der Waals surface area contributed by atoms with Gasteiger partial charge in [0, 0.05) is 24.4 Å². The van der Waals surface area contributed by atoms with E-state index in [1.54, 1.807) is 18.2 Å². The molecule has 0 saturated carbocycles. The predicted octanol–water partition coefficient (Wildman–Crippen LogP) is 4.52. The Morgan fingerprint density at radius 1 is 1.04 bits per heavy atom. The quantitative estimate of drug-likeness (QED) is 0.703. The third-order valence-electron chi connectivity index (χ3n) is 4.26. The molecule has 1 aliphatic rings. The van der Waals surface area contributed by atoms with Gasteiger partial charge in [-0.1, -0.05) is 34.8 Å². The number of aromatic nitrogens is 1. The van der Waals surface area contributed by atoms with E-state index in [4.69, 9.17) is 39.5 Å². The van der Waals surface area contributed by atoms with E-state index in [1.165, 1.54) is 18.3 Å². The van der Waals surface area contributed by atoms with Gasteiger partial charge < -0.3 is 4.74 Å². The fourth-order valence-corrected chi connectivity index (χ4v) is 5.39. The summed E-state index contributed by atoms with van der Waals surface area (Å²) in [5.41, 5.74) is 0.523. The molecule has 1 aliphatic heterocycles. The highest BCUT2D eigenvalue weighted by molar-refractivity contribution is 7.92. The molecule has 4 nitrogen and oxygen atoms in total. The van der Waals surface area contributed by atoms with Gasteiger partial charge in [-0.3, -0.25) is 0 Å². The van der Waals surface area contributed by atoms with Crippen LogP contribution in [0.25, 0.3) is 0 Å². The normalized spacial score (nSPS) is 17.6. The van der Waals surface area contributed by atoms with E-state index >= 15 is 0 Å². The van der Waals surface area contributed by atoms with Crippen LogP contribution in [0.4, 0.5) is 0 Å². The Kier molecular flexibility index (Phi) is 5.09. The van der Waals surface area contributed by atoms with Crippen LogP contribution in [0.5, 0.6) is 0 Å². The maximum Gasteiger partial charge on any atom is 0.188 e. The second kappa shape index (κ2) is 6.81. The molecule has 0 aliphatic carbocycles. The molecule has 1 fully saturated rings. The average Bonchev–Trinajstić information content (AvgIpc) is 2.58. The van der Waals surface area contributed by atoms with Crippen LogP contribution in [0.1, 0.15) is 18.4 Å². The van der Waals surface area contributed by atoms with Gasteiger partial charge >= 0.3 is 0 Å². The zero-order chi connectivity index (χ0) is 17.4. The van der Waals surface area contributed by atoms with Crippen LogP contribution in [0.3, 0.4) is 0 Å². The highest BCUT2D eigenvalue weighted by Crippen LogP contribution is 2.44. The molecule has 0 N–H and O–H groups in total. The third-order valence-corrected chi connectivity index (χ3v) is 7.76. The third kappa shape index (κ3) is 3.04. The van der Waals surface area contributed by atoms with Gasteiger partial charge in [0.15, 0.2) is 9.84 Å². The first kappa shape index (κ1) is 18.0. The first-order chi connectivity index (χ1) is 11.4. The van der Waals surface area contributed by atoms with Gasteiger partial charge in [0.2, 0.25) is 0 Å². The number of pyridine rings is 1. The first-order valence-electron chi connectivity index (χ1n) is 7.26. The zero-order valence-electron chi connectivity index (χ0n) is 12.5. The fraction of sp³-hybridized carbons (Fsp3) is 0.312. The van der Waals surface area contributed by atoms with E-state index in [-0.39, 0.29) is 15.1 Å². The molecule has 2 aromatic rings. The molecule has 1 aromatic heterocycles. The Labute approximate surface area is 155 Å². The molecular weight excluding hydrogens is 393 g/mol. The van der Waals surface area contributed by atoms with Crippen molar-refractivity contribution in [2.24, 2.45) is 0 Å². The number of ether oxygens (including phenoxy) is 1. The fourth-order valence-electron chi connectivity index (χ4n) is 2.92. The van der Waals surface area contributed by atoms with Crippen LogP contribution < -0.4 is 0 Å². The molecule has 128 valence electrons. The number of nitrogens with zero attached hydrogens (tertiary/aromatic N) is 1. The van der Waals surface area contributed by atoms with E-state index in [0.29, 0.717) is 36.6 Å². The Morgan fingerprint density at radius 2 is 1.67 bits per heavy atom. The number of hydrogen-bond acceptors (Lipinski definition) is 4. The van der Waals surface area contributed by atoms with Crippen molar-refractivity contribution in [3.8, 4) is 0 Å². The summed E-state index contributed by atoms with van der Waals surface area (Å²) in [4.78, 5) is 4.24. The standard InChI is InChI=1S/C16H14Cl3NO3S/c17-12-1-3-13(4-2-12)24(21,22)16(5-7-23-8-6-16)11-9-14(18)15(19)20-10-11/h1-4,9-10H,5-8H2. The average molecular weight is 407 g/mol. The molecule has 0 radical (unpaired) electrons. The first-order valence-corrected chi connectivity index (χ1v) is 9.88. The Bertz CT molecular complexity index is 847. The molecule has 0 bridgehead atoms. The van der Waals surface area contributed by atoms with Gasteiger partial charge in [-0.15, -0.1) is 0 Å². The molecule has 1 aromatic carbocycles. The highest BCUT2D eigenvalue weighted by Gasteiger charge is 2.47. The highest BCUT2D eigenvalue weighted by atomic mass is 35.5. The summed E-state index contributed by atoms with van der Waals surface area (Å²) in [6.45, 7) is 0.681. The number of halogens is 3. The summed E-state index contributed by atoms with van der Waals surface area (Å²) in [5.74, 6) is 0. The van der Waals surface area contributed by atoms with Crippen molar-refractivity contribution in [1.82, 2.24) is 4.98 Å². The van der Waals surface area contributed by atoms with Gasteiger partial charge in [-0.2, -0.15) is 0 Å². The summed E-state index contributed by atoms with van der Waals surface area (Å²) in [5, 5.41) is 0.851. The van der Waals surface area contributed by atoms with Crippen molar-refractivity contribution in [3.05, 3.63) is 57.3 Å². The van der Waals surface area contributed by atoms with Crippen LogP contribution in [0, 0.1) is 0 Å². The Hall–Kier alpha value is -0.850. The number of hydrogen-bond donors (Lipinski definition) is 0. The molecular formula is C16H14Cl3NO3S. The molecule has 24 heavy (non-hydrogen) atoms. The van der Waals surface area contributed by atoms with Gasteiger partial charge in [-0.05, 0) is 48.7 Å². The number of benzene rings is 1. The Balaban J connectivity index is 2.18. The molecule has 3 rings (SSSR count). The van der Waals surface area contributed by atoms with Crippen molar-refractivity contribution in [1.29, 1.82) is 0 Å². The minimum atomic E-state index is -3.70. The van der Waals surface area contributed by atoms with E-state index in [0.717, 1.165) is 0 Å². The largest absolute Gasteiger partial charge is 0.381 e. The lowest BCUT2D eigenvalue weighted by atomic mass is 9.92. The lowest BCUT2D eigenvalue weighted by Gasteiger charge is -2.37. The summed E-state index contributed by atoms with van der Waals surface area (Å²) in [6.07, 6.45) is 2.11. The van der Waals surface area contributed by atoms with Gasteiger partial charge in [0.1, 0.15) is 9.90 Å². The summed E-state index contributed by atoms with van der Waals surface area (Å²) in [6, 6.07) is 7.73. The molecule has 1 saturated heterocycles. The lowest BCUT2D eigenvalue weighted by Crippen LogP contribution is -2.41. The maximum atomic E-state index is 13.4. The van der Waals surface area contributed by atoms with Crippen molar-refractivity contribution < 1.29 is 13.2 Å². The van der Waals surface area contributed by atoms with Crippen molar-refractivity contribution in [2.45, 2.75) is 22.5 Å². The monoisotopic (exact) mass is 405 g/mol. The predicted molar refractivity (Wildman–Crippen MR) is 94.6 cm³/mol. The van der Waals surface area contributed by atoms with E-state index in [2.05, 4.69) is 4.98 Å². The number of rotatable bonds is 3. The summed E-state index contributed by atoms with van der Waals surface area (Å²) in [7, 11) is -3.70. The van der Waals surface area contributed by atoms with Crippen molar-refractivity contribution in [2.75, 3.05) is 13.2 Å². The van der Waals surface area contributed by atoms with Gasteiger partial charge in [-0.25, -0.2) is 13.4 Å². The number of sulfone groups is 1. The molecule has 0 atom stereocenters. The van der Waals surface area contributed by atoms with E-state index in [9.17, 15) is 8.42 Å². The maximum absolute atomic E-state index is 13.4. The molecule has 0 unspecified atom stereocenters. The van der Waals surface area contributed by atoms with Crippen LogP contribution in [0.2, 0.25) is 15.2 Å². The minimum absolute atomic E-state index is 0.145. The molecule has 2 heterocycles. The van der Waals surface area contributed by atoms with Crippen molar-refractivity contribution >= 4 is 44.6 Å². The second-order valence-electron chi connectivity index (χ2n) is 5.56.